The third-order valence-corrected chi connectivity index (χ3v) is 5.61. The van der Waals surface area contributed by atoms with Crippen LogP contribution in [0.1, 0.15) is 26.3 Å². The van der Waals surface area contributed by atoms with E-state index in [2.05, 4.69) is 41.4 Å². The lowest BCUT2D eigenvalue weighted by Crippen LogP contribution is -2.23. The van der Waals surface area contributed by atoms with E-state index >= 15 is 0 Å². The summed E-state index contributed by atoms with van der Waals surface area (Å²) in [6.07, 6.45) is 1.58. The summed E-state index contributed by atoms with van der Waals surface area (Å²) in [5.74, 6) is 0.521. The molecule has 2 N–H and O–H groups in total. The largest absolute Gasteiger partial charge is 0.358 e. The molecular weight excluding hydrogens is 494 g/mol. The summed E-state index contributed by atoms with van der Waals surface area (Å²) in [5, 5.41) is 5.89. The molecule has 0 fully saturated rings. The SMILES string of the molecule is CN1CCN=C1c1ccc(C(=O)Nc2ccc(Cl)cc2C(=O)Nc2ccc(Br)cn2)cc1. The third-order valence-electron chi connectivity index (χ3n) is 4.91. The van der Waals surface area contributed by atoms with Crippen molar-refractivity contribution in [3.63, 3.8) is 0 Å². The van der Waals surface area contributed by atoms with Gasteiger partial charge in [-0.25, -0.2) is 4.98 Å². The summed E-state index contributed by atoms with van der Waals surface area (Å²) in [5.41, 5.74) is 1.99. The summed E-state index contributed by atoms with van der Waals surface area (Å²) in [4.78, 5) is 36.4. The minimum absolute atomic E-state index is 0.231. The van der Waals surface area contributed by atoms with Crippen molar-refractivity contribution < 1.29 is 9.59 Å². The first-order chi connectivity index (χ1) is 15.4. The first-order valence-corrected chi connectivity index (χ1v) is 11.0. The Kier molecular flexibility index (Phi) is 6.53. The van der Waals surface area contributed by atoms with Crippen LogP contribution in [0.25, 0.3) is 0 Å². The zero-order valence-corrected chi connectivity index (χ0v) is 19.4. The van der Waals surface area contributed by atoms with E-state index in [4.69, 9.17) is 11.6 Å². The lowest BCUT2D eigenvalue weighted by atomic mass is 10.1. The molecule has 1 aliphatic rings. The number of carbonyl (C=O) groups excluding carboxylic acids is 2. The molecule has 2 aromatic carbocycles. The number of hydrogen-bond donors (Lipinski definition) is 2. The Morgan fingerprint density at radius 3 is 2.47 bits per heavy atom. The number of halogens is 2. The number of amides is 2. The second kappa shape index (κ2) is 9.50. The van der Waals surface area contributed by atoms with E-state index in [-0.39, 0.29) is 11.5 Å². The number of hydrogen-bond acceptors (Lipinski definition) is 5. The molecule has 0 saturated heterocycles. The van der Waals surface area contributed by atoms with Gasteiger partial charge in [-0.3, -0.25) is 14.6 Å². The van der Waals surface area contributed by atoms with Crippen LogP contribution in [0.2, 0.25) is 5.02 Å². The number of aromatic nitrogens is 1. The van der Waals surface area contributed by atoms with Gasteiger partial charge in [-0.2, -0.15) is 0 Å². The molecule has 0 unspecified atom stereocenters. The van der Waals surface area contributed by atoms with Gasteiger partial charge in [0.2, 0.25) is 0 Å². The predicted octanol–water partition coefficient (Wildman–Crippen LogP) is 4.69. The summed E-state index contributed by atoms with van der Waals surface area (Å²) in [6.45, 7) is 1.65. The van der Waals surface area contributed by atoms with Crippen LogP contribution in [-0.2, 0) is 0 Å². The Balaban J connectivity index is 1.52. The fraction of sp³-hybridized carbons (Fsp3) is 0.130. The van der Waals surface area contributed by atoms with Crippen molar-refractivity contribution in [1.82, 2.24) is 9.88 Å². The highest BCUT2D eigenvalue weighted by Crippen LogP contribution is 2.23. The molecule has 7 nitrogen and oxygen atoms in total. The average molecular weight is 513 g/mol. The van der Waals surface area contributed by atoms with Crippen molar-refractivity contribution in [3.8, 4) is 0 Å². The molecular formula is C23H19BrClN5O2. The molecule has 0 spiro atoms. The maximum Gasteiger partial charge on any atom is 0.258 e. The van der Waals surface area contributed by atoms with Crippen LogP contribution >= 0.6 is 27.5 Å². The number of pyridine rings is 1. The number of likely N-dealkylation sites (N-methyl/N-ethyl adjacent to an activating group) is 1. The van der Waals surface area contributed by atoms with Crippen LogP contribution < -0.4 is 10.6 Å². The monoisotopic (exact) mass is 511 g/mol. The number of rotatable bonds is 5. The van der Waals surface area contributed by atoms with Crippen LogP contribution in [-0.4, -0.2) is 47.7 Å². The van der Waals surface area contributed by atoms with Gasteiger partial charge in [0.05, 0.1) is 17.8 Å². The first-order valence-electron chi connectivity index (χ1n) is 9.80. The Bertz CT molecular complexity index is 1200. The van der Waals surface area contributed by atoms with Crippen molar-refractivity contribution in [2.45, 2.75) is 0 Å². The molecule has 0 bridgehead atoms. The van der Waals surface area contributed by atoms with Gasteiger partial charge in [-0.05, 0) is 58.4 Å². The molecule has 1 aromatic heterocycles. The second-order valence-corrected chi connectivity index (χ2v) is 8.52. The highest BCUT2D eigenvalue weighted by atomic mass is 79.9. The molecule has 162 valence electrons. The number of amidine groups is 1. The molecule has 9 heteroatoms. The molecule has 0 aliphatic carbocycles. The van der Waals surface area contributed by atoms with Gasteiger partial charge >= 0.3 is 0 Å². The van der Waals surface area contributed by atoms with Gasteiger partial charge in [-0.1, -0.05) is 23.7 Å². The highest BCUT2D eigenvalue weighted by molar-refractivity contribution is 9.10. The van der Waals surface area contributed by atoms with E-state index in [1.54, 1.807) is 42.6 Å². The molecule has 2 amide bonds. The Hall–Kier alpha value is -3.23. The molecule has 0 atom stereocenters. The smallest absolute Gasteiger partial charge is 0.258 e. The Morgan fingerprint density at radius 1 is 1.03 bits per heavy atom. The highest BCUT2D eigenvalue weighted by Gasteiger charge is 2.18. The molecule has 4 rings (SSSR count). The maximum atomic E-state index is 12.8. The number of anilines is 2. The Morgan fingerprint density at radius 2 is 1.81 bits per heavy atom. The predicted molar refractivity (Wildman–Crippen MR) is 130 cm³/mol. The summed E-state index contributed by atoms with van der Waals surface area (Å²) in [6, 6.07) is 15.3. The molecule has 0 saturated carbocycles. The van der Waals surface area contributed by atoms with Crippen molar-refractivity contribution in [2.24, 2.45) is 4.99 Å². The zero-order chi connectivity index (χ0) is 22.7. The topological polar surface area (TPSA) is 86.7 Å². The second-order valence-electron chi connectivity index (χ2n) is 7.16. The number of benzene rings is 2. The molecule has 2 heterocycles. The number of nitrogens with zero attached hydrogens (tertiary/aromatic N) is 3. The van der Waals surface area contributed by atoms with Crippen molar-refractivity contribution >= 4 is 56.7 Å². The van der Waals surface area contributed by atoms with Gasteiger partial charge in [0.15, 0.2) is 0 Å². The van der Waals surface area contributed by atoms with E-state index < -0.39 is 5.91 Å². The van der Waals surface area contributed by atoms with Crippen LogP contribution in [0.5, 0.6) is 0 Å². The van der Waals surface area contributed by atoms with E-state index in [0.29, 0.717) is 22.1 Å². The van der Waals surface area contributed by atoms with Crippen LogP contribution in [0, 0.1) is 0 Å². The fourth-order valence-corrected chi connectivity index (χ4v) is 3.66. The van der Waals surface area contributed by atoms with Gasteiger partial charge in [0, 0.05) is 40.4 Å². The third kappa shape index (κ3) is 4.98. The van der Waals surface area contributed by atoms with Gasteiger partial charge < -0.3 is 15.5 Å². The van der Waals surface area contributed by atoms with Crippen LogP contribution in [0.4, 0.5) is 11.5 Å². The van der Waals surface area contributed by atoms with E-state index in [1.165, 1.54) is 6.07 Å². The average Bonchev–Trinajstić information content (AvgIpc) is 3.22. The molecule has 3 aromatic rings. The summed E-state index contributed by atoms with van der Waals surface area (Å²) >= 11 is 9.40. The van der Waals surface area contributed by atoms with E-state index in [0.717, 1.165) is 29.0 Å². The van der Waals surface area contributed by atoms with E-state index in [1.807, 2.05) is 19.2 Å². The summed E-state index contributed by atoms with van der Waals surface area (Å²) in [7, 11) is 1.99. The Labute approximate surface area is 198 Å². The fourth-order valence-electron chi connectivity index (χ4n) is 3.26. The van der Waals surface area contributed by atoms with E-state index in [9.17, 15) is 9.59 Å². The normalized spacial score (nSPS) is 13.0. The standard InChI is InChI=1S/C23H19BrClN5O2/c1-30-11-10-26-21(30)14-2-4-15(5-3-14)22(31)28-19-8-7-17(25)12-18(19)23(32)29-20-9-6-16(24)13-27-20/h2-9,12-13H,10-11H2,1H3,(H,28,31)(H,27,29,32). The quantitative estimate of drug-likeness (QED) is 0.519. The number of carbonyl (C=O) groups is 2. The number of aliphatic imine (C=N–C) groups is 1. The number of nitrogens with one attached hydrogen (secondary N) is 2. The van der Waals surface area contributed by atoms with Crippen molar-refractivity contribution in [2.75, 3.05) is 30.8 Å². The lowest BCUT2D eigenvalue weighted by molar-refractivity contribution is 0.102. The molecule has 1 aliphatic heterocycles. The molecule has 0 radical (unpaired) electrons. The maximum absolute atomic E-state index is 12.8. The van der Waals surface area contributed by atoms with Crippen molar-refractivity contribution in [3.05, 3.63) is 87.0 Å². The zero-order valence-electron chi connectivity index (χ0n) is 17.1. The van der Waals surface area contributed by atoms with Gasteiger partial charge in [0.25, 0.3) is 11.8 Å². The lowest BCUT2D eigenvalue weighted by Gasteiger charge is -2.14. The van der Waals surface area contributed by atoms with Gasteiger partial charge in [-0.15, -0.1) is 0 Å². The van der Waals surface area contributed by atoms with Gasteiger partial charge in [0.1, 0.15) is 11.7 Å². The minimum atomic E-state index is -0.435. The van der Waals surface area contributed by atoms with Crippen LogP contribution in [0.3, 0.4) is 0 Å². The van der Waals surface area contributed by atoms with Crippen LogP contribution in [0.15, 0.2) is 70.3 Å². The minimum Gasteiger partial charge on any atom is -0.358 e. The summed E-state index contributed by atoms with van der Waals surface area (Å²) < 4.78 is 0.795. The van der Waals surface area contributed by atoms with Crippen molar-refractivity contribution in [1.29, 1.82) is 0 Å². The first kappa shape index (κ1) is 22.0. The molecule has 32 heavy (non-hydrogen) atoms.